The van der Waals surface area contributed by atoms with Gasteiger partial charge in [0.1, 0.15) is 0 Å². The number of amides is 1. The number of rotatable bonds is 7. The first-order valence-electron chi connectivity index (χ1n) is 6.01. The molecule has 6 heteroatoms. The molecule has 0 bridgehead atoms. The molecule has 0 unspecified atom stereocenters. The van der Waals surface area contributed by atoms with Crippen LogP contribution in [0.4, 0.5) is 0 Å². The number of benzene rings is 1. The Kier molecular flexibility index (Phi) is 8.74. The molecule has 19 heavy (non-hydrogen) atoms. The molecule has 5 nitrogen and oxygen atoms in total. The maximum absolute atomic E-state index is 11.5. The van der Waals surface area contributed by atoms with Crippen molar-refractivity contribution in [1.82, 2.24) is 5.32 Å². The van der Waals surface area contributed by atoms with E-state index in [1.807, 2.05) is 26.0 Å². The number of carbonyl (C=O) groups is 1. The van der Waals surface area contributed by atoms with Gasteiger partial charge in [-0.2, -0.15) is 0 Å². The summed E-state index contributed by atoms with van der Waals surface area (Å²) in [6.07, 6.45) is 0. The zero-order valence-electron chi connectivity index (χ0n) is 11.2. The van der Waals surface area contributed by atoms with E-state index in [0.717, 1.165) is 0 Å². The standard InChI is InChI=1S/C13H20N2O3.ClH/c1-3-17-11-6-4-5-7-12(11)18-9-13(16)15-10(2)8-14;/h4-7,10H,3,8-9,14H2,1-2H3,(H,15,16);1H/t10-;/m0./s1. The molecular formula is C13H21ClN2O3. The topological polar surface area (TPSA) is 73.6 Å². The van der Waals surface area contributed by atoms with Gasteiger partial charge < -0.3 is 20.5 Å². The van der Waals surface area contributed by atoms with Crippen molar-refractivity contribution < 1.29 is 14.3 Å². The molecule has 1 aromatic carbocycles. The molecule has 1 rings (SSSR count). The first-order chi connectivity index (χ1) is 8.67. The van der Waals surface area contributed by atoms with Crippen LogP contribution in [-0.2, 0) is 4.79 Å². The summed E-state index contributed by atoms with van der Waals surface area (Å²) >= 11 is 0. The average molecular weight is 289 g/mol. The Hall–Kier alpha value is -1.46. The highest BCUT2D eigenvalue weighted by molar-refractivity contribution is 5.85. The van der Waals surface area contributed by atoms with Crippen molar-refractivity contribution >= 4 is 18.3 Å². The van der Waals surface area contributed by atoms with Crippen LogP contribution in [0.1, 0.15) is 13.8 Å². The fourth-order valence-electron chi connectivity index (χ4n) is 1.36. The molecule has 1 amide bonds. The van der Waals surface area contributed by atoms with Crippen LogP contribution in [-0.4, -0.2) is 31.7 Å². The number of carbonyl (C=O) groups excluding carboxylic acids is 1. The zero-order valence-corrected chi connectivity index (χ0v) is 12.0. The van der Waals surface area contributed by atoms with Crippen molar-refractivity contribution in [1.29, 1.82) is 0 Å². The van der Waals surface area contributed by atoms with Gasteiger partial charge in [-0.05, 0) is 26.0 Å². The molecule has 0 aromatic heterocycles. The lowest BCUT2D eigenvalue weighted by molar-refractivity contribution is -0.123. The first-order valence-corrected chi connectivity index (χ1v) is 6.01. The lowest BCUT2D eigenvalue weighted by atomic mass is 10.3. The minimum atomic E-state index is -0.195. The molecule has 3 N–H and O–H groups in total. The number of halogens is 1. The second kappa shape index (κ2) is 9.47. The van der Waals surface area contributed by atoms with Crippen LogP contribution < -0.4 is 20.5 Å². The van der Waals surface area contributed by atoms with Gasteiger partial charge in [0.15, 0.2) is 18.1 Å². The minimum Gasteiger partial charge on any atom is -0.490 e. The molecule has 0 radical (unpaired) electrons. The monoisotopic (exact) mass is 288 g/mol. The third-order valence-corrected chi connectivity index (χ3v) is 2.27. The molecule has 0 spiro atoms. The van der Waals surface area contributed by atoms with Crippen molar-refractivity contribution in [2.45, 2.75) is 19.9 Å². The van der Waals surface area contributed by atoms with Gasteiger partial charge in [0.05, 0.1) is 6.61 Å². The largest absolute Gasteiger partial charge is 0.490 e. The van der Waals surface area contributed by atoms with Crippen LogP contribution in [0.15, 0.2) is 24.3 Å². The average Bonchev–Trinajstić information content (AvgIpc) is 2.38. The van der Waals surface area contributed by atoms with E-state index in [1.54, 1.807) is 12.1 Å². The number of nitrogens with two attached hydrogens (primary N) is 1. The molecule has 108 valence electrons. The number of hydrogen-bond acceptors (Lipinski definition) is 4. The highest BCUT2D eigenvalue weighted by Crippen LogP contribution is 2.26. The SMILES string of the molecule is CCOc1ccccc1OCC(=O)N[C@@H](C)CN.Cl. The van der Waals surface area contributed by atoms with Gasteiger partial charge in [0.2, 0.25) is 0 Å². The number of para-hydroxylation sites is 2. The van der Waals surface area contributed by atoms with Crippen LogP contribution in [0.25, 0.3) is 0 Å². The second-order valence-electron chi connectivity index (χ2n) is 3.87. The van der Waals surface area contributed by atoms with Gasteiger partial charge in [-0.25, -0.2) is 0 Å². The smallest absolute Gasteiger partial charge is 0.258 e. The molecule has 1 aromatic rings. The maximum atomic E-state index is 11.5. The van der Waals surface area contributed by atoms with E-state index < -0.39 is 0 Å². The zero-order chi connectivity index (χ0) is 13.4. The molecule has 0 heterocycles. The van der Waals surface area contributed by atoms with Gasteiger partial charge in [-0.1, -0.05) is 12.1 Å². The van der Waals surface area contributed by atoms with Crippen molar-refractivity contribution in [2.24, 2.45) is 5.73 Å². The van der Waals surface area contributed by atoms with Gasteiger partial charge in [0.25, 0.3) is 5.91 Å². The van der Waals surface area contributed by atoms with Gasteiger partial charge >= 0.3 is 0 Å². The predicted molar refractivity (Wildman–Crippen MR) is 77.0 cm³/mol. The van der Waals surface area contributed by atoms with Crippen LogP contribution in [0, 0.1) is 0 Å². The van der Waals surface area contributed by atoms with E-state index in [4.69, 9.17) is 15.2 Å². The summed E-state index contributed by atoms with van der Waals surface area (Å²) in [5.74, 6) is 1.01. The van der Waals surface area contributed by atoms with Gasteiger partial charge in [-0.15, -0.1) is 12.4 Å². The summed E-state index contributed by atoms with van der Waals surface area (Å²) in [5, 5.41) is 2.72. The van der Waals surface area contributed by atoms with Gasteiger partial charge in [-0.3, -0.25) is 4.79 Å². The van der Waals surface area contributed by atoms with Crippen molar-refractivity contribution in [2.75, 3.05) is 19.8 Å². The lowest BCUT2D eigenvalue weighted by Crippen LogP contribution is -2.40. The van der Waals surface area contributed by atoms with Gasteiger partial charge in [0, 0.05) is 12.6 Å². The molecule has 1 atom stereocenters. The van der Waals surface area contributed by atoms with Crippen LogP contribution in [0.3, 0.4) is 0 Å². The Morgan fingerprint density at radius 1 is 1.32 bits per heavy atom. The highest BCUT2D eigenvalue weighted by Gasteiger charge is 2.08. The van der Waals surface area contributed by atoms with Crippen LogP contribution >= 0.6 is 12.4 Å². The quantitative estimate of drug-likeness (QED) is 0.794. The predicted octanol–water partition coefficient (Wildman–Crippen LogP) is 1.35. The fraction of sp³-hybridized carbons (Fsp3) is 0.462. The fourth-order valence-corrected chi connectivity index (χ4v) is 1.36. The van der Waals surface area contributed by atoms with E-state index in [9.17, 15) is 4.79 Å². The summed E-state index contributed by atoms with van der Waals surface area (Å²) < 4.78 is 10.8. The van der Waals surface area contributed by atoms with Crippen LogP contribution in [0.5, 0.6) is 11.5 Å². The third kappa shape index (κ3) is 6.31. The molecule has 0 saturated carbocycles. The Bertz CT molecular complexity index is 388. The Labute approximate surface area is 119 Å². The summed E-state index contributed by atoms with van der Waals surface area (Å²) in [6, 6.07) is 7.21. The van der Waals surface area contributed by atoms with E-state index in [-0.39, 0.29) is 31.0 Å². The summed E-state index contributed by atoms with van der Waals surface area (Å²) in [7, 11) is 0. The van der Waals surface area contributed by atoms with Crippen molar-refractivity contribution in [3.05, 3.63) is 24.3 Å². The van der Waals surface area contributed by atoms with Crippen molar-refractivity contribution in [3.63, 3.8) is 0 Å². The van der Waals surface area contributed by atoms with E-state index in [0.29, 0.717) is 24.7 Å². The molecular weight excluding hydrogens is 268 g/mol. The van der Waals surface area contributed by atoms with Crippen LogP contribution in [0.2, 0.25) is 0 Å². The summed E-state index contributed by atoms with van der Waals surface area (Å²) in [5.41, 5.74) is 5.42. The Balaban J connectivity index is 0.00000324. The van der Waals surface area contributed by atoms with Crippen molar-refractivity contribution in [3.8, 4) is 11.5 Å². The maximum Gasteiger partial charge on any atom is 0.258 e. The Morgan fingerprint density at radius 3 is 2.42 bits per heavy atom. The lowest BCUT2D eigenvalue weighted by Gasteiger charge is -2.13. The highest BCUT2D eigenvalue weighted by atomic mass is 35.5. The number of hydrogen-bond donors (Lipinski definition) is 2. The molecule has 0 aliphatic carbocycles. The van der Waals surface area contributed by atoms with E-state index in [1.165, 1.54) is 0 Å². The summed E-state index contributed by atoms with van der Waals surface area (Å²) in [6.45, 7) is 4.64. The second-order valence-corrected chi connectivity index (χ2v) is 3.87. The normalized spacial score (nSPS) is 11.1. The Morgan fingerprint density at radius 2 is 1.89 bits per heavy atom. The summed E-state index contributed by atoms with van der Waals surface area (Å²) in [4.78, 5) is 11.5. The first kappa shape index (κ1) is 17.5. The number of nitrogens with one attached hydrogen (secondary N) is 1. The van der Waals surface area contributed by atoms with E-state index >= 15 is 0 Å². The minimum absolute atomic E-state index is 0. The molecule has 0 saturated heterocycles. The molecule has 0 fully saturated rings. The number of ether oxygens (including phenoxy) is 2. The van der Waals surface area contributed by atoms with E-state index in [2.05, 4.69) is 5.32 Å². The third-order valence-electron chi connectivity index (χ3n) is 2.27. The molecule has 0 aliphatic rings. The molecule has 0 aliphatic heterocycles.